The summed E-state index contributed by atoms with van der Waals surface area (Å²) in [6.07, 6.45) is 0. The molecule has 0 aliphatic carbocycles. The van der Waals surface area contributed by atoms with Gasteiger partial charge in [0.05, 0.1) is 7.11 Å². The fourth-order valence-corrected chi connectivity index (χ4v) is 1.89. The van der Waals surface area contributed by atoms with Crippen LogP contribution in [0.1, 0.15) is 21.9 Å². The fraction of sp³-hybridized carbons (Fsp3) is 0.333. The van der Waals surface area contributed by atoms with Crippen LogP contribution in [0.25, 0.3) is 5.82 Å². The molecular formula is C12H16N6O2. The van der Waals surface area contributed by atoms with Gasteiger partial charge >= 0.3 is 5.97 Å². The molecule has 20 heavy (non-hydrogen) atoms. The molecule has 0 aliphatic heterocycles. The fourth-order valence-electron chi connectivity index (χ4n) is 1.89. The van der Waals surface area contributed by atoms with Crippen molar-refractivity contribution in [1.82, 2.24) is 19.7 Å². The maximum atomic E-state index is 11.8. The maximum Gasteiger partial charge on any atom is 0.345 e. The molecule has 8 heteroatoms. The number of carbonyl (C=O) groups is 1. The number of aromatic nitrogens is 4. The van der Waals surface area contributed by atoms with Gasteiger partial charge in [-0.25, -0.2) is 14.8 Å². The number of ether oxygens (including phenoxy) is 1. The van der Waals surface area contributed by atoms with Gasteiger partial charge in [-0.2, -0.15) is 4.68 Å². The van der Waals surface area contributed by atoms with Crippen molar-refractivity contribution in [2.24, 2.45) is 0 Å². The minimum absolute atomic E-state index is 0.165. The summed E-state index contributed by atoms with van der Waals surface area (Å²) in [7, 11) is 2.94. The summed E-state index contributed by atoms with van der Waals surface area (Å²) in [4.78, 5) is 20.2. The van der Waals surface area contributed by atoms with Crippen LogP contribution in [-0.4, -0.2) is 39.9 Å². The molecule has 106 valence electrons. The number of nitrogen functional groups attached to an aromatic ring is 1. The molecule has 0 atom stereocenters. The molecule has 0 bridgehead atoms. The minimum Gasteiger partial charge on any atom is -0.465 e. The lowest BCUT2D eigenvalue weighted by Crippen LogP contribution is -2.09. The van der Waals surface area contributed by atoms with E-state index >= 15 is 0 Å². The normalized spacial score (nSPS) is 10.4. The maximum absolute atomic E-state index is 11.8. The summed E-state index contributed by atoms with van der Waals surface area (Å²) in [5.74, 6) is 1.04. The third-order valence-corrected chi connectivity index (χ3v) is 2.72. The zero-order valence-corrected chi connectivity index (χ0v) is 11.8. The van der Waals surface area contributed by atoms with Gasteiger partial charge in [-0.15, -0.1) is 5.10 Å². The Morgan fingerprint density at radius 1 is 1.40 bits per heavy atom. The van der Waals surface area contributed by atoms with Crippen LogP contribution >= 0.6 is 0 Å². The van der Waals surface area contributed by atoms with Crippen LogP contribution in [-0.2, 0) is 4.74 Å². The lowest BCUT2D eigenvalue weighted by Gasteiger charge is -2.05. The molecule has 0 radical (unpaired) electrons. The van der Waals surface area contributed by atoms with Crippen LogP contribution in [0.3, 0.4) is 0 Å². The van der Waals surface area contributed by atoms with Gasteiger partial charge in [-0.3, -0.25) is 0 Å². The zero-order valence-electron chi connectivity index (χ0n) is 11.8. The number of methoxy groups -OCH3 is 1. The van der Waals surface area contributed by atoms with Crippen molar-refractivity contribution in [3.63, 3.8) is 0 Å². The number of nitrogens with one attached hydrogen (secondary N) is 1. The van der Waals surface area contributed by atoms with Crippen LogP contribution in [0.15, 0.2) is 6.07 Å². The molecule has 2 aromatic heterocycles. The van der Waals surface area contributed by atoms with Gasteiger partial charge in [-0.1, -0.05) is 0 Å². The number of esters is 1. The Bertz CT molecular complexity index is 644. The van der Waals surface area contributed by atoms with Gasteiger partial charge in [0.25, 0.3) is 0 Å². The third kappa shape index (κ3) is 2.27. The van der Waals surface area contributed by atoms with E-state index in [1.807, 2.05) is 6.92 Å². The largest absolute Gasteiger partial charge is 0.465 e. The number of nitrogens with two attached hydrogens (primary N) is 1. The van der Waals surface area contributed by atoms with Crippen molar-refractivity contribution in [2.75, 3.05) is 25.2 Å². The highest BCUT2D eigenvalue weighted by molar-refractivity contribution is 5.99. The summed E-state index contributed by atoms with van der Waals surface area (Å²) in [6, 6.07) is 1.73. The second kappa shape index (κ2) is 5.16. The summed E-state index contributed by atoms with van der Waals surface area (Å²) < 4.78 is 6.10. The Balaban J connectivity index is 2.63. The van der Waals surface area contributed by atoms with E-state index in [1.165, 1.54) is 11.8 Å². The van der Waals surface area contributed by atoms with E-state index in [2.05, 4.69) is 20.4 Å². The van der Waals surface area contributed by atoms with Crippen molar-refractivity contribution in [3.05, 3.63) is 23.1 Å². The molecule has 0 aliphatic rings. The van der Waals surface area contributed by atoms with Crippen molar-refractivity contribution in [3.8, 4) is 5.82 Å². The number of hydrogen-bond acceptors (Lipinski definition) is 7. The predicted molar refractivity (Wildman–Crippen MR) is 73.9 cm³/mol. The summed E-state index contributed by atoms with van der Waals surface area (Å²) in [5.41, 5.74) is 6.96. The Morgan fingerprint density at radius 2 is 2.10 bits per heavy atom. The number of hydrogen-bond donors (Lipinski definition) is 2. The highest BCUT2D eigenvalue weighted by Crippen LogP contribution is 2.24. The van der Waals surface area contributed by atoms with Crippen molar-refractivity contribution in [1.29, 1.82) is 0 Å². The minimum atomic E-state index is -0.555. The number of nitrogens with zero attached hydrogens (tertiary/aromatic N) is 4. The highest BCUT2D eigenvalue weighted by atomic mass is 16.5. The third-order valence-electron chi connectivity index (χ3n) is 2.72. The van der Waals surface area contributed by atoms with Gasteiger partial charge in [0.2, 0.25) is 0 Å². The van der Waals surface area contributed by atoms with Crippen LogP contribution in [0, 0.1) is 13.8 Å². The van der Waals surface area contributed by atoms with Crippen molar-refractivity contribution < 1.29 is 9.53 Å². The Hall–Kier alpha value is -2.64. The van der Waals surface area contributed by atoms with Crippen molar-refractivity contribution in [2.45, 2.75) is 13.8 Å². The molecule has 2 heterocycles. The SMILES string of the molecule is CNc1nn(-c2cc(C)nc(C)n2)c(N)c1C(=O)OC. The first-order chi connectivity index (χ1) is 9.47. The number of rotatable bonds is 3. The molecule has 0 aromatic carbocycles. The molecule has 2 aromatic rings. The summed E-state index contributed by atoms with van der Waals surface area (Å²) >= 11 is 0. The lowest BCUT2D eigenvalue weighted by molar-refractivity contribution is 0.0603. The van der Waals surface area contributed by atoms with Crippen molar-refractivity contribution >= 4 is 17.6 Å². The average molecular weight is 276 g/mol. The average Bonchev–Trinajstić information content (AvgIpc) is 2.73. The second-order valence-corrected chi connectivity index (χ2v) is 4.18. The first-order valence-corrected chi connectivity index (χ1v) is 5.95. The lowest BCUT2D eigenvalue weighted by atomic mass is 10.3. The topological polar surface area (TPSA) is 108 Å². The van der Waals surface area contributed by atoms with Crippen LogP contribution < -0.4 is 11.1 Å². The highest BCUT2D eigenvalue weighted by Gasteiger charge is 2.23. The molecule has 0 saturated heterocycles. The Kier molecular flexibility index (Phi) is 3.55. The molecular weight excluding hydrogens is 260 g/mol. The second-order valence-electron chi connectivity index (χ2n) is 4.18. The standard InChI is InChI=1S/C12H16N6O2/c1-6-5-8(16-7(2)15-6)18-10(13)9(12(19)20-4)11(14-3)17-18/h5H,13H2,1-4H3,(H,14,17). The van der Waals surface area contributed by atoms with Crippen LogP contribution in [0.5, 0.6) is 0 Å². The summed E-state index contributed by atoms with van der Waals surface area (Å²) in [5, 5.41) is 7.05. The number of aryl methyl sites for hydroxylation is 2. The smallest absolute Gasteiger partial charge is 0.345 e. The number of carbonyl (C=O) groups excluding carboxylic acids is 1. The Labute approximate surface area is 116 Å². The zero-order chi connectivity index (χ0) is 14.9. The monoisotopic (exact) mass is 276 g/mol. The van der Waals surface area contributed by atoms with Gasteiger partial charge in [-0.05, 0) is 13.8 Å². The van der Waals surface area contributed by atoms with E-state index in [0.29, 0.717) is 17.5 Å². The molecule has 0 saturated carbocycles. The van der Waals surface area contributed by atoms with Gasteiger partial charge in [0.1, 0.15) is 17.2 Å². The van der Waals surface area contributed by atoms with E-state index in [4.69, 9.17) is 10.5 Å². The Morgan fingerprint density at radius 3 is 2.65 bits per heavy atom. The van der Waals surface area contributed by atoms with Gasteiger partial charge in [0.15, 0.2) is 11.6 Å². The molecule has 2 rings (SSSR count). The van der Waals surface area contributed by atoms with Gasteiger partial charge < -0.3 is 15.8 Å². The molecule has 0 unspecified atom stereocenters. The molecule has 8 nitrogen and oxygen atoms in total. The molecule has 3 N–H and O–H groups in total. The molecule has 0 spiro atoms. The van der Waals surface area contributed by atoms with Crippen LogP contribution in [0.2, 0.25) is 0 Å². The quantitative estimate of drug-likeness (QED) is 0.794. The van der Waals surface area contributed by atoms with E-state index in [-0.39, 0.29) is 11.4 Å². The first-order valence-electron chi connectivity index (χ1n) is 5.95. The molecule has 0 amide bonds. The first kappa shape index (κ1) is 13.8. The van der Waals surface area contributed by atoms with E-state index in [1.54, 1.807) is 20.0 Å². The predicted octanol–water partition coefficient (Wildman–Crippen LogP) is 0.690. The number of anilines is 2. The van der Waals surface area contributed by atoms with Gasteiger partial charge in [0, 0.05) is 18.8 Å². The van der Waals surface area contributed by atoms with Crippen LogP contribution in [0.4, 0.5) is 11.6 Å². The molecule has 0 fully saturated rings. The van der Waals surface area contributed by atoms with E-state index in [9.17, 15) is 4.79 Å². The summed E-state index contributed by atoms with van der Waals surface area (Å²) in [6.45, 7) is 3.62. The van der Waals surface area contributed by atoms with E-state index < -0.39 is 5.97 Å². The van der Waals surface area contributed by atoms with E-state index in [0.717, 1.165) is 5.69 Å².